The highest BCUT2D eigenvalue weighted by Crippen LogP contribution is 2.40. The van der Waals surface area contributed by atoms with Gasteiger partial charge in [0.1, 0.15) is 11.4 Å². The quantitative estimate of drug-likeness (QED) is 0.264. The van der Waals surface area contributed by atoms with Crippen LogP contribution in [-0.2, 0) is 5.54 Å². The Balaban J connectivity index is 1.69. The third kappa shape index (κ3) is 4.01. The van der Waals surface area contributed by atoms with E-state index >= 15 is 0 Å². The molecule has 0 aliphatic rings. The predicted molar refractivity (Wildman–Crippen MR) is 132 cm³/mol. The van der Waals surface area contributed by atoms with Gasteiger partial charge in [-0.1, -0.05) is 109 Å². The van der Waals surface area contributed by atoms with Crippen LogP contribution in [0.15, 0.2) is 128 Å². The van der Waals surface area contributed by atoms with E-state index < -0.39 is 5.54 Å². The first kappa shape index (κ1) is 20.7. The maximum absolute atomic E-state index is 13.6. The normalized spacial score (nSPS) is 11.7. The van der Waals surface area contributed by atoms with E-state index in [0.717, 1.165) is 27.9 Å². The van der Waals surface area contributed by atoms with Crippen LogP contribution >= 0.6 is 0 Å². The van der Waals surface area contributed by atoms with Crippen LogP contribution in [0.5, 0.6) is 0 Å². The summed E-state index contributed by atoms with van der Waals surface area (Å²) in [5.74, 6) is -0.251. The van der Waals surface area contributed by atoms with E-state index in [-0.39, 0.29) is 5.82 Å². The molecule has 0 atom stereocenters. The van der Waals surface area contributed by atoms with Crippen LogP contribution in [0, 0.1) is 5.82 Å². The maximum Gasteiger partial charge on any atom is 0.138 e. The molecule has 3 heteroatoms. The fourth-order valence-corrected chi connectivity index (χ4v) is 4.34. The summed E-state index contributed by atoms with van der Waals surface area (Å²) >= 11 is 0. The largest absolute Gasteiger partial charge is 0.253 e. The van der Waals surface area contributed by atoms with Gasteiger partial charge in [0.25, 0.3) is 0 Å². The van der Waals surface area contributed by atoms with Crippen molar-refractivity contribution in [3.05, 3.63) is 161 Å². The van der Waals surface area contributed by atoms with Crippen molar-refractivity contribution in [1.82, 2.24) is 9.78 Å². The van der Waals surface area contributed by atoms with Gasteiger partial charge in [0.15, 0.2) is 0 Å². The summed E-state index contributed by atoms with van der Waals surface area (Å²) in [4.78, 5) is 0. The minimum atomic E-state index is -0.644. The van der Waals surface area contributed by atoms with Gasteiger partial charge >= 0.3 is 0 Å². The summed E-state index contributed by atoms with van der Waals surface area (Å²) in [6.07, 6.45) is 5.81. The standard InChI is InChI=1S/C30H23FN2/c31-28-18-10-11-24(23-28)19-20-29-21-22-33(32-29)30(25-12-4-1-5-13-25,26-14-6-2-7-15-26)27-16-8-3-9-17-27/h1-23H/b20-19+. The lowest BCUT2D eigenvalue weighted by atomic mass is 9.77. The molecule has 0 unspecified atom stereocenters. The lowest BCUT2D eigenvalue weighted by Gasteiger charge is -2.36. The molecule has 0 bridgehead atoms. The fourth-order valence-electron chi connectivity index (χ4n) is 4.34. The van der Waals surface area contributed by atoms with Crippen LogP contribution < -0.4 is 0 Å². The predicted octanol–water partition coefficient (Wildman–Crippen LogP) is 7.03. The Hall–Kier alpha value is -4.24. The Morgan fingerprint density at radius 1 is 0.606 bits per heavy atom. The number of hydrogen-bond acceptors (Lipinski definition) is 1. The third-order valence-electron chi connectivity index (χ3n) is 5.82. The minimum absolute atomic E-state index is 0.251. The van der Waals surface area contributed by atoms with Crippen molar-refractivity contribution in [3.63, 3.8) is 0 Å². The van der Waals surface area contributed by atoms with E-state index in [1.807, 2.05) is 53.4 Å². The van der Waals surface area contributed by atoms with Gasteiger partial charge < -0.3 is 0 Å². The molecule has 4 aromatic carbocycles. The summed E-state index contributed by atoms with van der Waals surface area (Å²) in [6.45, 7) is 0. The highest BCUT2D eigenvalue weighted by Gasteiger charge is 2.39. The molecular weight excluding hydrogens is 407 g/mol. The van der Waals surface area contributed by atoms with Gasteiger partial charge in [-0.3, -0.25) is 4.68 Å². The molecule has 0 aliphatic heterocycles. The number of rotatable bonds is 6. The van der Waals surface area contributed by atoms with Crippen molar-refractivity contribution in [3.8, 4) is 0 Å². The Morgan fingerprint density at radius 3 is 1.67 bits per heavy atom. The molecule has 0 amide bonds. The van der Waals surface area contributed by atoms with Crippen LogP contribution in [0.3, 0.4) is 0 Å². The fraction of sp³-hybridized carbons (Fsp3) is 0.0333. The molecule has 2 nitrogen and oxygen atoms in total. The van der Waals surface area contributed by atoms with Crippen LogP contribution in [0.4, 0.5) is 4.39 Å². The van der Waals surface area contributed by atoms with E-state index in [9.17, 15) is 4.39 Å². The number of hydrogen-bond donors (Lipinski definition) is 0. The number of benzene rings is 4. The lowest BCUT2D eigenvalue weighted by molar-refractivity contribution is 0.459. The average molecular weight is 431 g/mol. The van der Waals surface area contributed by atoms with Crippen LogP contribution in [0.25, 0.3) is 12.2 Å². The molecule has 0 N–H and O–H groups in total. The summed E-state index contributed by atoms with van der Waals surface area (Å²) in [5, 5.41) is 4.99. The Morgan fingerprint density at radius 2 is 1.15 bits per heavy atom. The molecule has 0 saturated heterocycles. The van der Waals surface area contributed by atoms with Crippen LogP contribution in [0.2, 0.25) is 0 Å². The minimum Gasteiger partial charge on any atom is -0.253 e. The van der Waals surface area contributed by atoms with Gasteiger partial charge in [0, 0.05) is 6.20 Å². The molecule has 5 aromatic rings. The molecule has 0 spiro atoms. The highest BCUT2D eigenvalue weighted by molar-refractivity contribution is 5.68. The second-order valence-corrected chi connectivity index (χ2v) is 7.88. The molecule has 1 aromatic heterocycles. The topological polar surface area (TPSA) is 17.8 Å². The van der Waals surface area contributed by atoms with Crippen molar-refractivity contribution in [2.45, 2.75) is 5.54 Å². The Kier molecular flexibility index (Phi) is 5.69. The highest BCUT2D eigenvalue weighted by atomic mass is 19.1. The summed E-state index contributed by atoms with van der Waals surface area (Å²) in [7, 11) is 0. The molecule has 160 valence electrons. The molecule has 0 fully saturated rings. The zero-order valence-corrected chi connectivity index (χ0v) is 18.1. The third-order valence-corrected chi connectivity index (χ3v) is 5.82. The first-order valence-electron chi connectivity index (χ1n) is 10.9. The second-order valence-electron chi connectivity index (χ2n) is 7.88. The molecule has 0 aliphatic carbocycles. The molecule has 0 saturated carbocycles. The average Bonchev–Trinajstić information content (AvgIpc) is 3.35. The Labute approximate surface area is 193 Å². The summed E-state index contributed by atoms with van der Waals surface area (Å²) < 4.78 is 15.6. The Bertz CT molecular complexity index is 1260. The van der Waals surface area contributed by atoms with Crippen molar-refractivity contribution in [2.24, 2.45) is 0 Å². The first-order valence-corrected chi connectivity index (χ1v) is 10.9. The summed E-state index contributed by atoms with van der Waals surface area (Å²) in [5.41, 5.74) is 4.30. The first-order chi connectivity index (χ1) is 16.3. The number of aromatic nitrogens is 2. The van der Waals surface area contributed by atoms with Crippen LogP contribution in [0.1, 0.15) is 27.9 Å². The smallest absolute Gasteiger partial charge is 0.138 e. The number of halogens is 1. The van der Waals surface area contributed by atoms with Gasteiger partial charge in [0.2, 0.25) is 0 Å². The molecule has 33 heavy (non-hydrogen) atoms. The van der Waals surface area contributed by atoms with E-state index in [0.29, 0.717) is 0 Å². The van der Waals surface area contributed by atoms with Crippen molar-refractivity contribution < 1.29 is 4.39 Å². The van der Waals surface area contributed by atoms with Crippen molar-refractivity contribution >= 4 is 12.2 Å². The molecular formula is C30H23FN2. The van der Waals surface area contributed by atoms with Crippen molar-refractivity contribution in [2.75, 3.05) is 0 Å². The van der Waals surface area contributed by atoms with Gasteiger partial charge in [-0.05, 0) is 46.5 Å². The lowest BCUT2D eigenvalue weighted by Crippen LogP contribution is -2.38. The summed E-state index contributed by atoms with van der Waals surface area (Å²) in [6, 6.07) is 39.8. The maximum atomic E-state index is 13.6. The zero-order chi connectivity index (χ0) is 22.5. The SMILES string of the molecule is Fc1cccc(/C=C/c2ccn(C(c3ccccc3)(c3ccccc3)c3ccccc3)n2)c1. The van der Waals surface area contributed by atoms with E-state index in [1.54, 1.807) is 6.07 Å². The number of nitrogens with zero attached hydrogens (tertiary/aromatic N) is 2. The van der Waals surface area contributed by atoms with Gasteiger partial charge in [0.05, 0.1) is 5.69 Å². The molecule has 1 heterocycles. The van der Waals surface area contributed by atoms with Gasteiger partial charge in [-0.15, -0.1) is 0 Å². The van der Waals surface area contributed by atoms with E-state index in [1.165, 1.54) is 12.1 Å². The molecule has 5 rings (SSSR count). The molecule has 0 radical (unpaired) electrons. The monoisotopic (exact) mass is 430 g/mol. The van der Waals surface area contributed by atoms with Crippen molar-refractivity contribution in [1.29, 1.82) is 0 Å². The van der Waals surface area contributed by atoms with E-state index in [4.69, 9.17) is 5.10 Å². The van der Waals surface area contributed by atoms with Gasteiger partial charge in [-0.25, -0.2) is 4.39 Å². The van der Waals surface area contributed by atoms with E-state index in [2.05, 4.69) is 72.8 Å². The second kappa shape index (κ2) is 9.09. The zero-order valence-electron chi connectivity index (χ0n) is 18.1. The van der Waals surface area contributed by atoms with Crippen LogP contribution in [-0.4, -0.2) is 9.78 Å². The van der Waals surface area contributed by atoms with Gasteiger partial charge in [-0.2, -0.15) is 5.10 Å².